The molecule has 3 aromatic rings. The normalized spacial score (nSPS) is 13.3. The Labute approximate surface area is 144 Å². The van der Waals surface area contributed by atoms with Gasteiger partial charge in [-0.3, -0.25) is 9.69 Å². The van der Waals surface area contributed by atoms with Crippen LogP contribution in [0.2, 0.25) is 5.02 Å². The van der Waals surface area contributed by atoms with Crippen molar-refractivity contribution >= 4 is 23.2 Å². The van der Waals surface area contributed by atoms with Crippen LogP contribution in [0, 0.1) is 0 Å². The summed E-state index contributed by atoms with van der Waals surface area (Å²) in [6, 6.07) is 16.6. The molecule has 1 amide bonds. The first-order chi connectivity index (χ1) is 11.7. The molecule has 2 aromatic carbocycles. The zero-order chi connectivity index (χ0) is 16.5. The number of carbonyl (C=O) groups excluding carboxylic acids is 1. The second-order valence-electron chi connectivity index (χ2n) is 5.40. The molecule has 0 bridgehead atoms. The molecule has 6 heteroatoms. The second kappa shape index (κ2) is 6.02. The molecule has 4 rings (SSSR count). The SMILES string of the molecule is O=C(c1ccn(-c2ccccc2)n1)N1CCOc2ccc(Cl)cc21. The Hall–Kier alpha value is -2.79. The molecule has 0 spiro atoms. The highest BCUT2D eigenvalue weighted by Crippen LogP contribution is 2.34. The predicted octanol–water partition coefficient (Wildman–Crippen LogP) is 3.56. The highest BCUT2D eigenvalue weighted by atomic mass is 35.5. The number of carbonyl (C=O) groups is 1. The highest BCUT2D eigenvalue weighted by Gasteiger charge is 2.26. The van der Waals surface area contributed by atoms with Crippen molar-refractivity contribution in [2.45, 2.75) is 0 Å². The van der Waals surface area contributed by atoms with Gasteiger partial charge in [-0.05, 0) is 36.4 Å². The molecule has 0 radical (unpaired) electrons. The van der Waals surface area contributed by atoms with Gasteiger partial charge >= 0.3 is 0 Å². The van der Waals surface area contributed by atoms with Crippen LogP contribution in [0.15, 0.2) is 60.8 Å². The third-order valence-electron chi connectivity index (χ3n) is 3.86. The Balaban J connectivity index is 1.66. The van der Waals surface area contributed by atoms with Crippen molar-refractivity contribution in [3.8, 4) is 11.4 Å². The van der Waals surface area contributed by atoms with E-state index in [4.69, 9.17) is 16.3 Å². The summed E-state index contributed by atoms with van der Waals surface area (Å²) in [5, 5.41) is 4.96. The smallest absolute Gasteiger partial charge is 0.279 e. The third kappa shape index (κ3) is 2.63. The van der Waals surface area contributed by atoms with Gasteiger partial charge in [-0.2, -0.15) is 5.10 Å². The molecule has 120 valence electrons. The zero-order valence-electron chi connectivity index (χ0n) is 12.7. The first-order valence-corrected chi connectivity index (χ1v) is 7.95. The van der Waals surface area contributed by atoms with E-state index in [0.717, 1.165) is 5.69 Å². The number of fused-ring (bicyclic) bond motifs is 1. The molecule has 0 fully saturated rings. The maximum absolute atomic E-state index is 12.9. The molecular weight excluding hydrogens is 326 g/mol. The van der Waals surface area contributed by atoms with Crippen LogP contribution in [-0.4, -0.2) is 28.8 Å². The van der Waals surface area contributed by atoms with E-state index in [-0.39, 0.29) is 5.91 Å². The molecule has 0 saturated carbocycles. The van der Waals surface area contributed by atoms with Crippen LogP contribution in [-0.2, 0) is 0 Å². The average Bonchev–Trinajstić information content (AvgIpc) is 3.11. The van der Waals surface area contributed by atoms with Crippen LogP contribution in [0.1, 0.15) is 10.5 Å². The molecular formula is C18H14ClN3O2. The Bertz CT molecular complexity index is 892. The van der Waals surface area contributed by atoms with Gasteiger partial charge in [0.2, 0.25) is 0 Å². The summed E-state index contributed by atoms with van der Waals surface area (Å²) < 4.78 is 7.28. The summed E-state index contributed by atoms with van der Waals surface area (Å²) >= 11 is 6.06. The molecule has 1 aliphatic rings. The zero-order valence-corrected chi connectivity index (χ0v) is 13.5. The van der Waals surface area contributed by atoms with Gasteiger partial charge in [-0.15, -0.1) is 0 Å². The number of anilines is 1. The van der Waals surface area contributed by atoms with Crippen molar-refractivity contribution in [2.24, 2.45) is 0 Å². The number of hydrogen-bond acceptors (Lipinski definition) is 3. The number of halogens is 1. The number of amides is 1. The van der Waals surface area contributed by atoms with Gasteiger partial charge < -0.3 is 4.74 Å². The maximum Gasteiger partial charge on any atom is 0.279 e. The van der Waals surface area contributed by atoms with Crippen molar-refractivity contribution < 1.29 is 9.53 Å². The highest BCUT2D eigenvalue weighted by molar-refractivity contribution is 6.31. The average molecular weight is 340 g/mol. The lowest BCUT2D eigenvalue weighted by Gasteiger charge is -2.29. The standard InChI is InChI=1S/C18H14ClN3O2/c19-13-6-7-17-16(12-13)21(10-11-24-17)18(23)15-8-9-22(20-15)14-4-2-1-3-5-14/h1-9,12H,10-11H2. The number of benzene rings is 2. The fourth-order valence-corrected chi connectivity index (χ4v) is 2.87. The molecule has 24 heavy (non-hydrogen) atoms. The fraction of sp³-hybridized carbons (Fsp3) is 0.111. The Kier molecular flexibility index (Phi) is 3.70. The largest absolute Gasteiger partial charge is 0.490 e. The lowest BCUT2D eigenvalue weighted by Crippen LogP contribution is -2.38. The predicted molar refractivity (Wildman–Crippen MR) is 92.2 cm³/mol. The summed E-state index contributed by atoms with van der Waals surface area (Å²) in [6.07, 6.45) is 1.78. The summed E-state index contributed by atoms with van der Waals surface area (Å²) in [7, 11) is 0. The van der Waals surface area contributed by atoms with Crippen molar-refractivity contribution in [3.05, 3.63) is 71.5 Å². The Morgan fingerprint density at radius 2 is 1.96 bits per heavy atom. The van der Waals surface area contributed by atoms with Crippen LogP contribution in [0.4, 0.5) is 5.69 Å². The van der Waals surface area contributed by atoms with Gasteiger partial charge in [-0.25, -0.2) is 4.68 Å². The number of aromatic nitrogens is 2. The summed E-state index contributed by atoms with van der Waals surface area (Å²) in [6.45, 7) is 0.907. The van der Waals surface area contributed by atoms with Crippen molar-refractivity contribution in [1.82, 2.24) is 9.78 Å². The van der Waals surface area contributed by atoms with E-state index in [0.29, 0.717) is 35.3 Å². The Morgan fingerprint density at radius 3 is 2.79 bits per heavy atom. The van der Waals surface area contributed by atoms with Gasteiger partial charge in [0.05, 0.1) is 17.9 Å². The molecule has 0 atom stereocenters. The van der Waals surface area contributed by atoms with Crippen LogP contribution < -0.4 is 9.64 Å². The molecule has 1 aromatic heterocycles. The number of ether oxygens (including phenoxy) is 1. The van der Waals surface area contributed by atoms with E-state index in [2.05, 4.69) is 5.10 Å². The van der Waals surface area contributed by atoms with E-state index in [9.17, 15) is 4.79 Å². The molecule has 0 aliphatic carbocycles. The monoisotopic (exact) mass is 339 g/mol. The molecule has 1 aliphatic heterocycles. The van der Waals surface area contributed by atoms with Gasteiger partial charge in [0, 0.05) is 11.2 Å². The number of hydrogen-bond donors (Lipinski definition) is 0. The third-order valence-corrected chi connectivity index (χ3v) is 4.09. The Morgan fingerprint density at radius 1 is 1.12 bits per heavy atom. The minimum Gasteiger partial charge on any atom is -0.490 e. The topological polar surface area (TPSA) is 47.4 Å². The summed E-state index contributed by atoms with van der Waals surface area (Å²) in [5.74, 6) is 0.484. The molecule has 5 nitrogen and oxygen atoms in total. The number of nitrogens with zero attached hydrogens (tertiary/aromatic N) is 3. The molecule has 0 saturated heterocycles. The summed E-state index contributed by atoms with van der Waals surface area (Å²) in [4.78, 5) is 14.5. The minimum absolute atomic E-state index is 0.170. The summed E-state index contributed by atoms with van der Waals surface area (Å²) in [5.41, 5.74) is 1.96. The van der Waals surface area contributed by atoms with E-state index in [1.54, 1.807) is 40.0 Å². The van der Waals surface area contributed by atoms with E-state index in [1.165, 1.54) is 0 Å². The van der Waals surface area contributed by atoms with Gasteiger partial charge in [-0.1, -0.05) is 29.8 Å². The van der Waals surface area contributed by atoms with Gasteiger partial charge in [0.25, 0.3) is 5.91 Å². The van der Waals surface area contributed by atoms with Crippen molar-refractivity contribution in [2.75, 3.05) is 18.1 Å². The first kappa shape index (κ1) is 14.8. The van der Waals surface area contributed by atoms with E-state index in [1.807, 2.05) is 30.3 Å². The van der Waals surface area contributed by atoms with E-state index < -0.39 is 0 Å². The molecule has 0 unspecified atom stereocenters. The van der Waals surface area contributed by atoms with Crippen molar-refractivity contribution in [1.29, 1.82) is 0 Å². The van der Waals surface area contributed by atoms with E-state index >= 15 is 0 Å². The van der Waals surface area contributed by atoms with Crippen LogP contribution >= 0.6 is 11.6 Å². The lowest BCUT2D eigenvalue weighted by molar-refractivity contribution is 0.0971. The quantitative estimate of drug-likeness (QED) is 0.717. The van der Waals surface area contributed by atoms with Crippen LogP contribution in [0.25, 0.3) is 5.69 Å². The fourth-order valence-electron chi connectivity index (χ4n) is 2.70. The molecule has 0 N–H and O–H groups in total. The molecule has 2 heterocycles. The van der Waals surface area contributed by atoms with Crippen LogP contribution in [0.3, 0.4) is 0 Å². The first-order valence-electron chi connectivity index (χ1n) is 7.58. The lowest BCUT2D eigenvalue weighted by atomic mass is 10.2. The number of para-hydroxylation sites is 1. The van der Waals surface area contributed by atoms with Gasteiger partial charge in [0.1, 0.15) is 12.4 Å². The second-order valence-corrected chi connectivity index (χ2v) is 5.83. The van der Waals surface area contributed by atoms with Crippen molar-refractivity contribution in [3.63, 3.8) is 0 Å². The van der Waals surface area contributed by atoms with Gasteiger partial charge in [0.15, 0.2) is 5.69 Å². The van der Waals surface area contributed by atoms with Crippen LogP contribution in [0.5, 0.6) is 5.75 Å². The number of rotatable bonds is 2. The maximum atomic E-state index is 12.9. The minimum atomic E-state index is -0.170.